The topological polar surface area (TPSA) is 51.0 Å². The molecule has 5 rings (SSSR count). The van der Waals surface area contributed by atoms with Gasteiger partial charge < -0.3 is 4.90 Å². The summed E-state index contributed by atoms with van der Waals surface area (Å²) in [6.07, 6.45) is 13.2. The lowest BCUT2D eigenvalue weighted by Gasteiger charge is -2.45. The molecular weight excluding hydrogens is 360 g/mol. The van der Waals surface area contributed by atoms with Gasteiger partial charge in [0.1, 0.15) is 5.69 Å². The third-order valence-electron chi connectivity index (χ3n) is 5.29. The van der Waals surface area contributed by atoms with Crippen molar-refractivity contribution in [1.29, 1.82) is 0 Å². The predicted molar refractivity (Wildman–Crippen MR) is 114 cm³/mol. The molecule has 0 saturated carbocycles. The molecule has 2 heterocycles. The molecule has 1 saturated heterocycles. The highest BCUT2D eigenvalue weighted by Gasteiger charge is 2.48. The van der Waals surface area contributed by atoms with Crippen molar-refractivity contribution in [3.05, 3.63) is 102 Å². The minimum absolute atomic E-state index is 0.0197. The summed E-state index contributed by atoms with van der Waals surface area (Å²) in [5.74, 6) is 0.0197. The zero-order valence-corrected chi connectivity index (χ0v) is 15.8. The molecule has 2 atom stereocenters. The third-order valence-corrected chi connectivity index (χ3v) is 5.29. The fourth-order valence-corrected chi connectivity index (χ4v) is 3.81. The molecule has 0 bridgehead atoms. The lowest BCUT2D eigenvalue weighted by molar-refractivity contribution is -0.128. The number of anilines is 1. The fraction of sp³-hybridized carbons (Fsp3) is 0.125. The molecule has 1 unspecified atom stereocenters. The normalized spacial score (nSPS) is 20.9. The van der Waals surface area contributed by atoms with Gasteiger partial charge in [-0.25, -0.2) is 4.68 Å². The maximum atomic E-state index is 13.1. The van der Waals surface area contributed by atoms with E-state index >= 15 is 0 Å². The Morgan fingerprint density at radius 2 is 1.76 bits per heavy atom. The molecule has 1 aromatic heterocycles. The van der Waals surface area contributed by atoms with Crippen LogP contribution < -0.4 is 4.90 Å². The molecule has 3 aromatic rings. The monoisotopic (exact) mass is 380 g/mol. The molecule has 2 aliphatic rings. The number of rotatable bonds is 5. The highest BCUT2D eigenvalue weighted by molar-refractivity contribution is 6.05. The third kappa shape index (κ3) is 3.21. The number of β-lactam (4-membered cyclic amide) rings is 1. The molecule has 1 aliphatic carbocycles. The minimum Gasteiger partial charge on any atom is -0.301 e. The van der Waals surface area contributed by atoms with Crippen LogP contribution in [0.1, 0.15) is 23.7 Å². The Balaban J connectivity index is 1.47. The highest BCUT2D eigenvalue weighted by atomic mass is 16.2. The van der Waals surface area contributed by atoms with E-state index < -0.39 is 6.04 Å². The Kier molecular flexibility index (Phi) is 4.41. The van der Waals surface area contributed by atoms with E-state index in [-0.39, 0.29) is 11.9 Å². The lowest BCUT2D eigenvalue weighted by atomic mass is 9.92. The molecule has 29 heavy (non-hydrogen) atoms. The van der Waals surface area contributed by atoms with Crippen molar-refractivity contribution in [2.24, 2.45) is 0 Å². The largest absolute Gasteiger partial charge is 0.301 e. The van der Waals surface area contributed by atoms with Gasteiger partial charge in [-0.05, 0) is 29.7 Å². The summed E-state index contributed by atoms with van der Waals surface area (Å²) in [4.78, 5) is 14.9. The first-order valence-corrected chi connectivity index (χ1v) is 9.71. The number of para-hydroxylation sites is 1. The molecule has 5 nitrogen and oxygen atoms in total. The number of amides is 1. The summed E-state index contributed by atoms with van der Waals surface area (Å²) < 4.78 is 1.70. The van der Waals surface area contributed by atoms with Crippen LogP contribution in [0.15, 0.2) is 91.2 Å². The summed E-state index contributed by atoms with van der Waals surface area (Å²) in [6, 6.07) is 19.3. The first kappa shape index (κ1) is 17.4. The second-order valence-electron chi connectivity index (χ2n) is 7.13. The zero-order chi connectivity index (χ0) is 19.6. The number of allylic oxidation sites excluding steroid dienone is 4. The van der Waals surface area contributed by atoms with E-state index in [1.54, 1.807) is 4.68 Å². The van der Waals surface area contributed by atoms with E-state index in [1.165, 1.54) is 0 Å². The molecule has 1 aliphatic heterocycles. The van der Waals surface area contributed by atoms with Gasteiger partial charge in [0.2, 0.25) is 0 Å². The first-order valence-electron chi connectivity index (χ1n) is 9.71. The maximum absolute atomic E-state index is 13.1. The molecule has 0 spiro atoms. The molecule has 0 N–H and O–H groups in total. The van der Waals surface area contributed by atoms with Crippen LogP contribution in [-0.4, -0.2) is 26.9 Å². The second kappa shape index (κ2) is 7.36. The van der Waals surface area contributed by atoms with Crippen molar-refractivity contribution in [3.63, 3.8) is 0 Å². The van der Waals surface area contributed by atoms with E-state index in [9.17, 15) is 4.79 Å². The number of carbonyl (C=O) groups excluding carboxylic acids is 1. The van der Waals surface area contributed by atoms with Gasteiger partial charge >= 0.3 is 0 Å². The van der Waals surface area contributed by atoms with Crippen LogP contribution in [0, 0.1) is 0 Å². The van der Waals surface area contributed by atoms with Gasteiger partial charge in [0.25, 0.3) is 5.91 Å². The highest BCUT2D eigenvalue weighted by Crippen LogP contribution is 2.37. The maximum Gasteiger partial charge on any atom is 0.255 e. The van der Waals surface area contributed by atoms with E-state index in [1.807, 2.05) is 77.8 Å². The van der Waals surface area contributed by atoms with E-state index in [0.29, 0.717) is 0 Å². The Labute approximate surface area is 169 Å². The quantitative estimate of drug-likeness (QED) is 0.621. The van der Waals surface area contributed by atoms with Crippen molar-refractivity contribution in [3.8, 4) is 0 Å². The van der Waals surface area contributed by atoms with Crippen LogP contribution in [0.5, 0.6) is 0 Å². The van der Waals surface area contributed by atoms with Crippen LogP contribution in [0.25, 0.3) is 11.6 Å². The summed E-state index contributed by atoms with van der Waals surface area (Å²) in [5, 5.41) is 8.56. The Hall–Kier alpha value is -3.73. The molecule has 5 heteroatoms. The predicted octanol–water partition coefficient (Wildman–Crippen LogP) is 4.29. The summed E-state index contributed by atoms with van der Waals surface area (Å²) in [7, 11) is 0. The average Bonchev–Trinajstić information content (AvgIpc) is 3.45. The number of hydrogen-bond donors (Lipinski definition) is 0. The molecular formula is C24H20N4O. The smallest absolute Gasteiger partial charge is 0.255 e. The van der Waals surface area contributed by atoms with Crippen LogP contribution in [0.4, 0.5) is 5.69 Å². The van der Waals surface area contributed by atoms with Crippen molar-refractivity contribution in [2.45, 2.75) is 18.5 Å². The van der Waals surface area contributed by atoms with E-state index in [4.69, 9.17) is 0 Å². The van der Waals surface area contributed by atoms with Crippen LogP contribution in [0.3, 0.4) is 0 Å². The van der Waals surface area contributed by atoms with Crippen LogP contribution in [0.2, 0.25) is 0 Å². The van der Waals surface area contributed by atoms with Crippen LogP contribution >= 0.6 is 0 Å². The minimum atomic E-state index is -0.401. The number of aromatic nitrogens is 3. The number of nitrogens with zero attached hydrogens (tertiary/aromatic N) is 4. The van der Waals surface area contributed by atoms with E-state index in [2.05, 4.69) is 34.6 Å². The fourth-order valence-electron chi connectivity index (χ4n) is 3.81. The van der Waals surface area contributed by atoms with Gasteiger partial charge in [-0.1, -0.05) is 84.1 Å². The summed E-state index contributed by atoms with van der Waals surface area (Å²) >= 11 is 0. The van der Waals surface area contributed by atoms with Gasteiger partial charge in [-0.3, -0.25) is 4.79 Å². The first-order chi connectivity index (χ1) is 14.3. The van der Waals surface area contributed by atoms with Gasteiger partial charge in [0.05, 0.1) is 12.2 Å². The van der Waals surface area contributed by atoms with Crippen LogP contribution in [-0.2, 0) is 4.79 Å². The molecule has 0 radical (unpaired) electrons. The number of benzene rings is 2. The molecule has 1 amide bonds. The number of carbonyl (C=O) groups is 1. The SMILES string of the molecule is O=C1C(n2cc(C3=CCC=C3)nn2)[C@@H](/C=C/c2ccccc2)N1c1ccccc1. The molecule has 142 valence electrons. The average molecular weight is 380 g/mol. The van der Waals surface area contributed by atoms with Crippen molar-refractivity contribution < 1.29 is 4.79 Å². The Morgan fingerprint density at radius 3 is 2.48 bits per heavy atom. The van der Waals surface area contributed by atoms with Crippen molar-refractivity contribution in [1.82, 2.24) is 15.0 Å². The number of hydrogen-bond acceptors (Lipinski definition) is 3. The summed E-state index contributed by atoms with van der Waals surface area (Å²) in [5.41, 5.74) is 3.84. The second-order valence-corrected chi connectivity index (χ2v) is 7.13. The van der Waals surface area contributed by atoms with Gasteiger partial charge in [0, 0.05) is 5.69 Å². The van der Waals surface area contributed by atoms with E-state index in [0.717, 1.165) is 28.9 Å². The van der Waals surface area contributed by atoms with Gasteiger partial charge in [-0.2, -0.15) is 0 Å². The molecule has 1 fully saturated rings. The molecule has 2 aromatic carbocycles. The van der Waals surface area contributed by atoms with Gasteiger partial charge in [0.15, 0.2) is 6.04 Å². The lowest BCUT2D eigenvalue weighted by Crippen LogP contribution is -2.61. The van der Waals surface area contributed by atoms with Crippen molar-refractivity contribution >= 4 is 23.2 Å². The van der Waals surface area contributed by atoms with Crippen molar-refractivity contribution in [2.75, 3.05) is 4.90 Å². The summed E-state index contributed by atoms with van der Waals surface area (Å²) in [6.45, 7) is 0. The zero-order valence-electron chi connectivity index (χ0n) is 15.8. The Bertz CT molecular complexity index is 1110. The standard InChI is InChI=1S/C24H20N4O/c29-24-23(27-17-21(25-26-27)19-11-7-8-12-19)22(16-15-18-9-3-1-4-10-18)28(24)20-13-5-2-6-14-20/h1-7,9-17,22-23H,8H2/b16-15+/t22-,23?/m1/s1. The van der Waals surface area contributed by atoms with Gasteiger partial charge in [-0.15, -0.1) is 5.10 Å². The Morgan fingerprint density at radius 1 is 1.00 bits per heavy atom.